The standard InChI is InChI=1S/C13H19O/c1-11(13(2,3)4)14-10-12-8-6-5-7-9-12/h5-9,11H,1,10H2,2-4H3/t11-/m0/s1. The van der Waals surface area contributed by atoms with Crippen molar-refractivity contribution in [2.75, 3.05) is 0 Å². The first kappa shape index (κ1) is 11.3. The van der Waals surface area contributed by atoms with E-state index in [1.54, 1.807) is 0 Å². The van der Waals surface area contributed by atoms with Crippen LogP contribution in [0.3, 0.4) is 0 Å². The van der Waals surface area contributed by atoms with E-state index in [-0.39, 0.29) is 11.5 Å². The van der Waals surface area contributed by atoms with Crippen LogP contribution in [0.15, 0.2) is 30.3 Å². The second kappa shape index (κ2) is 4.61. The molecule has 0 aliphatic rings. The zero-order valence-electron chi connectivity index (χ0n) is 9.29. The smallest absolute Gasteiger partial charge is 0.0720 e. The molecule has 0 amide bonds. The lowest BCUT2D eigenvalue weighted by Gasteiger charge is -2.27. The maximum Gasteiger partial charge on any atom is 0.0720 e. The van der Waals surface area contributed by atoms with Gasteiger partial charge in [0, 0.05) is 0 Å². The van der Waals surface area contributed by atoms with Crippen molar-refractivity contribution in [3.63, 3.8) is 0 Å². The largest absolute Gasteiger partial charge is 0.373 e. The molecule has 77 valence electrons. The van der Waals surface area contributed by atoms with Crippen molar-refractivity contribution in [2.24, 2.45) is 5.41 Å². The van der Waals surface area contributed by atoms with Crippen molar-refractivity contribution in [1.82, 2.24) is 0 Å². The summed E-state index contributed by atoms with van der Waals surface area (Å²) in [7, 11) is 0. The van der Waals surface area contributed by atoms with Gasteiger partial charge in [0.1, 0.15) is 0 Å². The topological polar surface area (TPSA) is 9.23 Å². The first-order chi connectivity index (χ1) is 6.50. The average Bonchev–Trinajstić information content (AvgIpc) is 2.14. The fourth-order valence-electron chi connectivity index (χ4n) is 1.02. The molecule has 0 heterocycles. The van der Waals surface area contributed by atoms with Gasteiger partial charge in [-0.25, -0.2) is 0 Å². The molecule has 0 aromatic heterocycles. The molecule has 0 spiro atoms. The zero-order chi connectivity index (χ0) is 10.6. The van der Waals surface area contributed by atoms with Crippen molar-refractivity contribution in [1.29, 1.82) is 0 Å². The predicted octanol–water partition coefficient (Wildman–Crippen LogP) is 3.45. The van der Waals surface area contributed by atoms with Crippen LogP contribution in [0.2, 0.25) is 0 Å². The normalized spacial score (nSPS) is 14.0. The fourth-order valence-corrected chi connectivity index (χ4v) is 1.02. The number of ether oxygens (including phenoxy) is 1. The molecule has 0 aliphatic carbocycles. The highest BCUT2D eigenvalue weighted by atomic mass is 16.5. The maximum atomic E-state index is 5.68. The quantitative estimate of drug-likeness (QED) is 0.711. The molecule has 0 unspecified atom stereocenters. The fraction of sp³-hybridized carbons (Fsp3) is 0.462. The highest BCUT2D eigenvalue weighted by Crippen LogP contribution is 2.22. The van der Waals surface area contributed by atoms with E-state index in [9.17, 15) is 0 Å². The van der Waals surface area contributed by atoms with Gasteiger partial charge >= 0.3 is 0 Å². The Hall–Kier alpha value is -0.820. The Bertz CT molecular complexity index is 258. The Morgan fingerprint density at radius 3 is 2.29 bits per heavy atom. The molecule has 14 heavy (non-hydrogen) atoms. The van der Waals surface area contributed by atoms with Crippen LogP contribution in [-0.2, 0) is 11.3 Å². The van der Waals surface area contributed by atoms with E-state index in [1.807, 2.05) is 18.2 Å². The first-order valence-electron chi connectivity index (χ1n) is 4.99. The lowest BCUT2D eigenvalue weighted by Crippen LogP contribution is -2.26. The van der Waals surface area contributed by atoms with Gasteiger partial charge in [0.15, 0.2) is 0 Å². The summed E-state index contributed by atoms with van der Waals surface area (Å²) in [6, 6.07) is 10.2. The molecule has 1 nitrogen and oxygen atoms in total. The average molecular weight is 191 g/mol. The second-order valence-corrected chi connectivity index (χ2v) is 4.65. The van der Waals surface area contributed by atoms with Crippen LogP contribution in [0.4, 0.5) is 0 Å². The number of hydrogen-bond donors (Lipinski definition) is 0. The molecule has 0 fully saturated rings. The Labute approximate surface area is 87.1 Å². The molecule has 1 aromatic carbocycles. The molecule has 0 saturated heterocycles. The van der Waals surface area contributed by atoms with Gasteiger partial charge in [0.25, 0.3) is 0 Å². The van der Waals surface area contributed by atoms with Crippen LogP contribution < -0.4 is 0 Å². The number of hydrogen-bond acceptors (Lipinski definition) is 1. The minimum atomic E-state index is 0.0303. The minimum absolute atomic E-state index is 0.0303. The molecule has 0 aliphatic heterocycles. The van der Waals surface area contributed by atoms with E-state index in [0.29, 0.717) is 6.61 Å². The van der Waals surface area contributed by atoms with Crippen LogP contribution in [0.5, 0.6) is 0 Å². The third-order valence-corrected chi connectivity index (χ3v) is 2.26. The number of rotatable bonds is 3. The summed E-state index contributed by atoms with van der Waals surface area (Å²) in [6.07, 6.45) is 0.0303. The summed E-state index contributed by atoms with van der Waals surface area (Å²) in [6.45, 7) is 11.1. The van der Waals surface area contributed by atoms with Gasteiger partial charge in [-0.1, -0.05) is 51.1 Å². The molecule has 1 atom stereocenters. The summed E-state index contributed by atoms with van der Waals surface area (Å²) < 4.78 is 5.68. The van der Waals surface area contributed by atoms with E-state index in [0.717, 1.165) is 0 Å². The van der Waals surface area contributed by atoms with Gasteiger partial charge in [-0.15, -0.1) is 0 Å². The summed E-state index contributed by atoms with van der Waals surface area (Å²) >= 11 is 0. The monoisotopic (exact) mass is 191 g/mol. The number of benzene rings is 1. The summed E-state index contributed by atoms with van der Waals surface area (Å²) in [4.78, 5) is 0. The molecule has 0 N–H and O–H groups in total. The Morgan fingerprint density at radius 1 is 1.21 bits per heavy atom. The first-order valence-corrected chi connectivity index (χ1v) is 4.99. The van der Waals surface area contributed by atoms with Gasteiger partial charge in [0.2, 0.25) is 0 Å². The van der Waals surface area contributed by atoms with E-state index in [4.69, 9.17) is 4.74 Å². The van der Waals surface area contributed by atoms with E-state index in [1.165, 1.54) is 5.56 Å². The summed E-state index contributed by atoms with van der Waals surface area (Å²) in [5, 5.41) is 0. The SMILES string of the molecule is [CH2][C@H](OCc1ccccc1)C(C)(C)C. The summed E-state index contributed by atoms with van der Waals surface area (Å²) in [5.74, 6) is 0. The third kappa shape index (κ3) is 3.51. The lowest BCUT2D eigenvalue weighted by atomic mass is 9.90. The van der Waals surface area contributed by atoms with Crippen molar-refractivity contribution < 1.29 is 4.74 Å². The van der Waals surface area contributed by atoms with Crippen LogP contribution in [-0.4, -0.2) is 6.10 Å². The highest BCUT2D eigenvalue weighted by Gasteiger charge is 2.20. The maximum absolute atomic E-state index is 5.68. The van der Waals surface area contributed by atoms with Gasteiger partial charge in [-0.05, 0) is 17.9 Å². The van der Waals surface area contributed by atoms with Crippen LogP contribution in [0.1, 0.15) is 26.3 Å². The Balaban J connectivity index is 2.42. The van der Waals surface area contributed by atoms with E-state index >= 15 is 0 Å². The zero-order valence-corrected chi connectivity index (χ0v) is 9.29. The highest BCUT2D eigenvalue weighted by molar-refractivity contribution is 5.13. The van der Waals surface area contributed by atoms with Crippen LogP contribution >= 0.6 is 0 Å². The van der Waals surface area contributed by atoms with E-state index in [2.05, 4.69) is 39.8 Å². The van der Waals surface area contributed by atoms with Gasteiger partial charge in [0.05, 0.1) is 12.7 Å². The Morgan fingerprint density at radius 2 is 1.79 bits per heavy atom. The van der Waals surface area contributed by atoms with Crippen molar-refractivity contribution in [3.8, 4) is 0 Å². The van der Waals surface area contributed by atoms with Gasteiger partial charge in [-0.3, -0.25) is 0 Å². The van der Waals surface area contributed by atoms with Crippen molar-refractivity contribution in [3.05, 3.63) is 42.8 Å². The minimum Gasteiger partial charge on any atom is -0.373 e. The van der Waals surface area contributed by atoms with Crippen molar-refractivity contribution >= 4 is 0 Å². The van der Waals surface area contributed by atoms with E-state index < -0.39 is 0 Å². The lowest BCUT2D eigenvalue weighted by molar-refractivity contribution is 0.00218. The molecule has 0 bridgehead atoms. The van der Waals surface area contributed by atoms with Crippen LogP contribution in [0.25, 0.3) is 0 Å². The molecule has 1 radical (unpaired) electrons. The molecule has 0 saturated carbocycles. The molecule has 1 rings (SSSR count). The molecular weight excluding hydrogens is 172 g/mol. The molecule has 1 heteroatoms. The Kier molecular flexibility index (Phi) is 3.70. The van der Waals surface area contributed by atoms with Gasteiger partial charge < -0.3 is 4.74 Å². The van der Waals surface area contributed by atoms with Gasteiger partial charge in [-0.2, -0.15) is 0 Å². The second-order valence-electron chi connectivity index (χ2n) is 4.65. The predicted molar refractivity (Wildman–Crippen MR) is 59.8 cm³/mol. The third-order valence-electron chi connectivity index (χ3n) is 2.26. The van der Waals surface area contributed by atoms with Crippen LogP contribution in [0, 0.1) is 12.3 Å². The summed E-state index contributed by atoms with van der Waals surface area (Å²) in [5.41, 5.74) is 1.31. The van der Waals surface area contributed by atoms with Crippen molar-refractivity contribution in [2.45, 2.75) is 33.5 Å². The molecular formula is C13H19O. The molecule has 1 aromatic rings.